The SMILES string of the molecule is CC(C)=CCCC(C)=CCCC(C)=CCOC(=O)c1cnc(C(=O)O)c(OCc2ccccc2)c1. The molecule has 0 spiro atoms. The molecule has 6 nitrogen and oxygen atoms in total. The van der Waals surface area contributed by atoms with E-state index in [0.29, 0.717) is 0 Å². The molecule has 35 heavy (non-hydrogen) atoms. The Morgan fingerprint density at radius 2 is 1.60 bits per heavy atom. The smallest absolute Gasteiger partial charge is 0.358 e. The average Bonchev–Trinajstić information content (AvgIpc) is 2.82. The Balaban J connectivity index is 1.89. The Bertz CT molecular complexity index is 1080. The molecule has 6 heteroatoms. The molecule has 2 rings (SSSR count). The number of pyridine rings is 1. The highest BCUT2D eigenvalue weighted by Gasteiger charge is 2.18. The van der Waals surface area contributed by atoms with Crippen LogP contribution in [-0.4, -0.2) is 28.6 Å². The second-order valence-electron chi connectivity index (χ2n) is 8.71. The van der Waals surface area contributed by atoms with Gasteiger partial charge < -0.3 is 14.6 Å². The molecule has 0 atom stereocenters. The van der Waals surface area contributed by atoms with Gasteiger partial charge in [0, 0.05) is 6.20 Å². The summed E-state index contributed by atoms with van der Waals surface area (Å²) in [4.78, 5) is 27.9. The lowest BCUT2D eigenvalue weighted by Gasteiger charge is -2.10. The lowest BCUT2D eigenvalue weighted by atomic mass is 10.1. The largest absolute Gasteiger partial charge is 0.486 e. The Morgan fingerprint density at radius 3 is 2.26 bits per heavy atom. The number of carbonyl (C=O) groups excluding carboxylic acids is 1. The summed E-state index contributed by atoms with van der Waals surface area (Å²) in [5.74, 6) is -1.79. The van der Waals surface area contributed by atoms with Crippen LogP contribution >= 0.6 is 0 Å². The quantitative estimate of drug-likeness (QED) is 0.249. The first-order chi connectivity index (χ1) is 16.8. The number of benzene rings is 1. The van der Waals surface area contributed by atoms with E-state index in [-0.39, 0.29) is 30.2 Å². The molecular formula is C29H35NO5. The third-order valence-corrected chi connectivity index (χ3v) is 5.30. The zero-order chi connectivity index (χ0) is 25.6. The standard InChI is InChI=1S/C29H35NO5/c1-21(2)10-8-11-22(3)12-9-13-23(4)16-17-34-29(33)25-18-26(27(28(31)32)30-19-25)35-20-24-14-6-5-7-15-24/h5-7,10,12,14-16,18-19H,8-9,11,13,17,20H2,1-4H3,(H,31,32). The normalized spacial score (nSPS) is 11.7. The van der Waals surface area contributed by atoms with E-state index in [2.05, 4.69) is 37.9 Å². The Morgan fingerprint density at radius 1 is 0.943 bits per heavy atom. The molecule has 0 aliphatic carbocycles. The number of aromatic carboxylic acids is 1. The molecule has 0 radical (unpaired) electrons. The van der Waals surface area contributed by atoms with Crippen LogP contribution in [0.1, 0.15) is 79.8 Å². The minimum atomic E-state index is -1.23. The molecule has 186 valence electrons. The van der Waals surface area contributed by atoms with Gasteiger partial charge in [0.15, 0.2) is 11.4 Å². The molecule has 0 unspecified atom stereocenters. The minimum Gasteiger partial charge on any atom is -0.486 e. The summed E-state index contributed by atoms with van der Waals surface area (Å²) in [6, 6.07) is 10.7. The number of rotatable bonds is 13. The van der Waals surface area contributed by atoms with Crippen LogP contribution in [0.15, 0.2) is 77.5 Å². The van der Waals surface area contributed by atoms with Crippen LogP contribution < -0.4 is 4.74 Å². The van der Waals surface area contributed by atoms with Crippen molar-refractivity contribution in [2.45, 2.75) is 60.0 Å². The van der Waals surface area contributed by atoms with Gasteiger partial charge in [-0.15, -0.1) is 0 Å². The molecule has 1 aromatic carbocycles. The van der Waals surface area contributed by atoms with E-state index in [1.165, 1.54) is 23.4 Å². The van der Waals surface area contributed by atoms with E-state index >= 15 is 0 Å². The van der Waals surface area contributed by atoms with Crippen molar-refractivity contribution < 1.29 is 24.2 Å². The van der Waals surface area contributed by atoms with Gasteiger partial charge in [-0.1, -0.05) is 59.2 Å². The van der Waals surface area contributed by atoms with E-state index < -0.39 is 11.9 Å². The van der Waals surface area contributed by atoms with Crippen molar-refractivity contribution in [2.75, 3.05) is 6.61 Å². The first kappa shape index (κ1) is 27.6. The number of carboxylic acid groups (broad SMARTS) is 1. The van der Waals surface area contributed by atoms with Crippen molar-refractivity contribution in [1.29, 1.82) is 0 Å². The highest BCUT2D eigenvalue weighted by atomic mass is 16.5. The number of nitrogens with zero attached hydrogens (tertiary/aromatic N) is 1. The van der Waals surface area contributed by atoms with Gasteiger partial charge in [0.1, 0.15) is 13.2 Å². The monoisotopic (exact) mass is 477 g/mol. The summed E-state index contributed by atoms with van der Waals surface area (Å²) in [7, 11) is 0. The minimum absolute atomic E-state index is 0.0225. The van der Waals surface area contributed by atoms with E-state index in [4.69, 9.17) is 9.47 Å². The van der Waals surface area contributed by atoms with E-state index in [0.717, 1.165) is 36.8 Å². The summed E-state index contributed by atoms with van der Waals surface area (Å²) in [5.41, 5.74) is 4.61. The number of carboxylic acids is 1. The highest BCUT2D eigenvalue weighted by Crippen LogP contribution is 2.20. The molecule has 0 fully saturated rings. The van der Waals surface area contributed by atoms with Gasteiger partial charge in [0.05, 0.1) is 5.56 Å². The summed E-state index contributed by atoms with van der Waals surface area (Å²) >= 11 is 0. The molecule has 0 bridgehead atoms. The second kappa shape index (κ2) is 14.6. The molecule has 0 saturated heterocycles. The molecule has 1 aromatic heterocycles. The van der Waals surface area contributed by atoms with Crippen molar-refractivity contribution in [2.24, 2.45) is 0 Å². The van der Waals surface area contributed by atoms with E-state index in [9.17, 15) is 14.7 Å². The maximum atomic E-state index is 12.5. The number of allylic oxidation sites excluding steroid dienone is 5. The third kappa shape index (κ3) is 10.4. The third-order valence-electron chi connectivity index (χ3n) is 5.30. The molecule has 0 saturated carbocycles. The fourth-order valence-corrected chi connectivity index (χ4v) is 3.24. The number of aromatic nitrogens is 1. The number of esters is 1. The predicted octanol–water partition coefficient (Wildman–Crippen LogP) is 6.93. The van der Waals surface area contributed by atoms with Gasteiger partial charge in [-0.3, -0.25) is 0 Å². The molecule has 0 aliphatic rings. The maximum Gasteiger partial charge on any atom is 0.358 e. The van der Waals surface area contributed by atoms with Gasteiger partial charge in [0.25, 0.3) is 0 Å². The Kier molecular flexibility index (Phi) is 11.5. The van der Waals surface area contributed by atoms with Crippen LogP contribution in [0.3, 0.4) is 0 Å². The average molecular weight is 478 g/mol. The molecule has 0 aliphatic heterocycles. The van der Waals surface area contributed by atoms with E-state index in [1.807, 2.05) is 43.3 Å². The van der Waals surface area contributed by atoms with Crippen LogP contribution in [0.5, 0.6) is 5.75 Å². The fourth-order valence-electron chi connectivity index (χ4n) is 3.24. The van der Waals surface area contributed by atoms with Gasteiger partial charge in [-0.25, -0.2) is 14.6 Å². The summed E-state index contributed by atoms with van der Waals surface area (Å²) in [6.45, 7) is 8.68. The first-order valence-electron chi connectivity index (χ1n) is 11.8. The Hall–Kier alpha value is -3.67. The molecule has 2 aromatic rings. The first-order valence-corrected chi connectivity index (χ1v) is 11.8. The van der Waals surface area contributed by atoms with Crippen molar-refractivity contribution in [3.8, 4) is 5.75 Å². The number of carbonyl (C=O) groups is 2. The van der Waals surface area contributed by atoms with Gasteiger partial charge >= 0.3 is 11.9 Å². The molecule has 1 N–H and O–H groups in total. The number of hydrogen-bond acceptors (Lipinski definition) is 5. The maximum absolute atomic E-state index is 12.5. The van der Waals surface area contributed by atoms with Crippen LogP contribution in [0.25, 0.3) is 0 Å². The zero-order valence-corrected chi connectivity index (χ0v) is 21.0. The van der Waals surface area contributed by atoms with Gasteiger partial charge in [0.2, 0.25) is 0 Å². The van der Waals surface area contributed by atoms with Gasteiger partial charge in [-0.05, 0) is 71.1 Å². The molecule has 1 heterocycles. The fraction of sp³-hybridized carbons (Fsp3) is 0.345. The van der Waals surface area contributed by atoms with Crippen LogP contribution in [0, 0.1) is 0 Å². The van der Waals surface area contributed by atoms with Crippen molar-refractivity contribution in [3.63, 3.8) is 0 Å². The lowest BCUT2D eigenvalue weighted by molar-refractivity contribution is 0.0545. The number of hydrogen-bond donors (Lipinski definition) is 1. The Labute approximate surface area is 208 Å². The summed E-state index contributed by atoms with van der Waals surface area (Å²) in [6.07, 6.45) is 11.6. The highest BCUT2D eigenvalue weighted by molar-refractivity contribution is 5.93. The van der Waals surface area contributed by atoms with Crippen LogP contribution in [0.2, 0.25) is 0 Å². The van der Waals surface area contributed by atoms with Crippen LogP contribution in [0.4, 0.5) is 0 Å². The molecular weight excluding hydrogens is 442 g/mol. The molecule has 0 amide bonds. The topological polar surface area (TPSA) is 85.7 Å². The number of ether oxygens (including phenoxy) is 2. The van der Waals surface area contributed by atoms with Crippen molar-refractivity contribution >= 4 is 11.9 Å². The zero-order valence-electron chi connectivity index (χ0n) is 21.0. The van der Waals surface area contributed by atoms with Crippen LogP contribution in [-0.2, 0) is 11.3 Å². The van der Waals surface area contributed by atoms with Gasteiger partial charge in [-0.2, -0.15) is 0 Å². The summed E-state index contributed by atoms with van der Waals surface area (Å²) in [5, 5.41) is 9.39. The lowest BCUT2D eigenvalue weighted by Crippen LogP contribution is -2.11. The summed E-state index contributed by atoms with van der Waals surface area (Å²) < 4.78 is 11.0. The predicted molar refractivity (Wildman–Crippen MR) is 138 cm³/mol. The van der Waals surface area contributed by atoms with E-state index in [1.54, 1.807) is 0 Å². The van der Waals surface area contributed by atoms with Crippen molar-refractivity contribution in [3.05, 3.63) is 94.4 Å². The second-order valence-corrected chi connectivity index (χ2v) is 8.71. The van der Waals surface area contributed by atoms with Crippen molar-refractivity contribution in [1.82, 2.24) is 4.98 Å².